The summed E-state index contributed by atoms with van der Waals surface area (Å²) in [5, 5.41) is 0.862. The highest BCUT2D eigenvalue weighted by atomic mass is 31.2. The van der Waals surface area contributed by atoms with Gasteiger partial charge in [-0.05, 0) is 106 Å². The fourth-order valence-corrected chi connectivity index (χ4v) is 14.7. The third-order valence-electron chi connectivity index (χ3n) is 14.8. The SMILES string of the molecule is CCOC(=O)[C@H](OP(=O)(c1cc(C(C)(C)C)c(OC)c(C(C)(C)C)c1)c1cc(C(C)(C)C)c(OC)c(C(C)(C)C)c1)[C@@H](OP(=O)(c1cc(C(C)(C)C)c(OC)c(C(C)(C)C)c1)c1cc(C(C)(C)C)c(OC)c(C(C)(C)C)c1)C(=O)OCC. The van der Waals surface area contributed by atoms with Gasteiger partial charge in [0.15, 0.2) is 12.2 Å². The number of hydrogen-bond donors (Lipinski definition) is 0. The first-order valence-corrected chi connectivity index (χ1v) is 32.1. The smallest absolute Gasteiger partial charge is 0.339 e. The minimum atomic E-state index is -4.79. The molecule has 0 heterocycles. The van der Waals surface area contributed by atoms with Crippen LogP contribution in [0.5, 0.6) is 23.0 Å². The third-order valence-corrected chi connectivity index (χ3v) is 19.6. The van der Waals surface area contributed by atoms with Gasteiger partial charge in [0.1, 0.15) is 23.0 Å². The zero-order chi connectivity index (χ0) is 63.3. The van der Waals surface area contributed by atoms with Crippen LogP contribution in [0, 0.1) is 0 Å². The number of ether oxygens (including phenoxy) is 6. The van der Waals surface area contributed by atoms with Gasteiger partial charge in [-0.2, -0.15) is 0 Å². The number of rotatable bonds is 17. The molecule has 4 rings (SSSR count). The summed E-state index contributed by atoms with van der Waals surface area (Å²) in [4.78, 5) is 31.0. The Bertz CT molecular complexity index is 2550. The third kappa shape index (κ3) is 14.9. The van der Waals surface area contributed by atoms with E-state index in [-0.39, 0.29) is 34.4 Å². The van der Waals surface area contributed by atoms with Crippen LogP contribution in [0.4, 0.5) is 0 Å². The number of hydrogen-bond acceptors (Lipinski definition) is 12. The molecular weight excluding hydrogens is 1070 g/mol. The van der Waals surface area contributed by atoms with E-state index in [0.717, 1.165) is 44.5 Å². The van der Waals surface area contributed by atoms with Crippen LogP contribution in [0.25, 0.3) is 0 Å². The largest absolute Gasteiger partial charge is 0.496 e. The van der Waals surface area contributed by atoms with Gasteiger partial charge in [-0.15, -0.1) is 0 Å². The first-order chi connectivity index (χ1) is 37.0. The second-order valence-corrected chi connectivity index (χ2v) is 34.6. The number of benzene rings is 4. The highest BCUT2D eigenvalue weighted by molar-refractivity contribution is 7.74. The molecule has 0 aliphatic rings. The lowest BCUT2D eigenvalue weighted by molar-refractivity contribution is -0.168. The standard InChI is InChI=1S/C68H104O12P2/c1-31-77-59(69)57(79-81(71,41-33-45(61(3,4)5)53(73-27)46(34-41)62(6,7)8)42-35-47(63(9,10)11)54(74-28)48(36-42)64(12,13)14)58(60(70)78-32-2)80-82(72,43-37-49(65(15,16)17)55(75-29)50(38-43)66(18,19)20)44-39-51(67(21,22)23)56(76-30)52(40-44)68(24,25)26/h33-40,57-58H,31-32H2,1-30H3/t57-,58-/m1/s1. The van der Waals surface area contributed by atoms with Crippen LogP contribution < -0.4 is 40.2 Å². The van der Waals surface area contributed by atoms with Gasteiger partial charge in [0.05, 0.1) is 41.7 Å². The van der Waals surface area contributed by atoms with Crippen molar-refractivity contribution < 1.29 is 56.2 Å². The summed E-state index contributed by atoms with van der Waals surface area (Å²) < 4.78 is 87.0. The van der Waals surface area contributed by atoms with E-state index in [2.05, 4.69) is 0 Å². The Balaban J connectivity index is 2.48. The Kier molecular flexibility index (Phi) is 20.8. The second-order valence-electron chi connectivity index (χ2n) is 30.0. The Labute approximate surface area is 495 Å². The number of carbonyl (C=O) groups is 2. The summed E-state index contributed by atoms with van der Waals surface area (Å²) in [5.41, 5.74) is 1.11. The van der Waals surface area contributed by atoms with Crippen molar-refractivity contribution in [2.75, 3.05) is 41.7 Å². The molecule has 458 valence electrons. The molecule has 0 saturated heterocycles. The summed E-state index contributed by atoms with van der Waals surface area (Å²) in [7, 11) is -3.10. The van der Waals surface area contributed by atoms with Crippen LogP contribution in [0.2, 0.25) is 0 Å². The van der Waals surface area contributed by atoms with Gasteiger partial charge in [-0.25, -0.2) is 9.59 Å². The maximum absolute atomic E-state index is 17.8. The molecule has 0 aliphatic carbocycles. The van der Waals surface area contributed by atoms with Gasteiger partial charge in [0, 0.05) is 65.7 Å². The highest BCUT2D eigenvalue weighted by Gasteiger charge is 2.51. The van der Waals surface area contributed by atoms with Gasteiger partial charge in [-0.3, -0.25) is 9.13 Å². The molecule has 0 unspecified atom stereocenters. The lowest BCUT2D eigenvalue weighted by Gasteiger charge is -2.36. The predicted molar refractivity (Wildman–Crippen MR) is 338 cm³/mol. The van der Waals surface area contributed by atoms with Crippen molar-refractivity contribution >= 4 is 47.9 Å². The maximum Gasteiger partial charge on any atom is 0.339 e. The molecule has 2 atom stereocenters. The van der Waals surface area contributed by atoms with Gasteiger partial charge < -0.3 is 37.5 Å². The van der Waals surface area contributed by atoms with Crippen LogP contribution in [-0.2, 0) is 80.6 Å². The first-order valence-electron chi connectivity index (χ1n) is 28.9. The molecular formula is C68H104O12P2. The van der Waals surface area contributed by atoms with Crippen molar-refractivity contribution in [3.05, 3.63) is 93.0 Å². The predicted octanol–water partition coefficient (Wildman–Crippen LogP) is 15.2. The van der Waals surface area contributed by atoms with Gasteiger partial charge in [0.25, 0.3) is 14.7 Å². The van der Waals surface area contributed by atoms with Crippen LogP contribution >= 0.6 is 14.7 Å². The van der Waals surface area contributed by atoms with Crippen LogP contribution in [-0.4, -0.2) is 65.8 Å². The Morgan fingerprint density at radius 1 is 0.329 bits per heavy atom. The molecule has 0 aromatic heterocycles. The fraction of sp³-hybridized carbons (Fsp3) is 0.618. The zero-order valence-electron chi connectivity index (χ0n) is 56.0. The first kappa shape index (κ1) is 69.9. The van der Waals surface area contributed by atoms with Crippen molar-refractivity contribution in [2.45, 2.75) is 236 Å². The highest BCUT2D eigenvalue weighted by Crippen LogP contribution is 2.56. The van der Waals surface area contributed by atoms with Crippen LogP contribution in [0.3, 0.4) is 0 Å². The Morgan fingerprint density at radius 2 is 0.476 bits per heavy atom. The van der Waals surface area contributed by atoms with Crippen molar-refractivity contribution in [3.8, 4) is 23.0 Å². The van der Waals surface area contributed by atoms with Gasteiger partial charge in [-0.1, -0.05) is 166 Å². The molecule has 0 amide bonds. The lowest BCUT2D eigenvalue weighted by Crippen LogP contribution is -2.47. The number of carbonyl (C=O) groups excluding carboxylic acids is 2. The lowest BCUT2D eigenvalue weighted by atomic mass is 9.79. The summed E-state index contributed by atoms with van der Waals surface area (Å²) in [5.74, 6) is 0.264. The molecule has 0 bridgehead atoms. The van der Waals surface area contributed by atoms with E-state index in [1.165, 1.54) is 0 Å². The molecule has 0 fully saturated rings. The fourth-order valence-electron chi connectivity index (χ4n) is 10.2. The number of methoxy groups -OCH3 is 4. The normalized spacial score (nSPS) is 14.3. The Hall–Kier alpha value is -4.60. The summed E-state index contributed by atoms with van der Waals surface area (Å²) in [6.07, 6.45) is -4.36. The minimum absolute atomic E-state index is 0.170. The van der Waals surface area contributed by atoms with E-state index in [4.69, 9.17) is 37.5 Å². The van der Waals surface area contributed by atoms with Gasteiger partial charge in [0.2, 0.25) is 0 Å². The van der Waals surface area contributed by atoms with Crippen molar-refractivity contribution in [3.63, 3.8) is 0 Å². The van der Waals surface area contributed by atoms with Crippen molar-refractivity contribution in [1.29, 1.82) is 0 Å². The molecule has 12 nitrogen and oxygen atoms in total. The minimum Gasteiger partial charge on any atom is -0.496 e. The van der Waals surface area contributed by atoms with E-state index in [9.17, 15) is 0 Å². The number of esters is 2. The molecule has 0 saturated carbocycles. The van der Waals surface area contributed by atoms with E-state index in [0.29, 0.717) is 23.0 Å². The molecule has 0 N–H and O–H groups in total. The van der Waals surface area contributed by atoms with Crippen molar-refractivity contribution in [1.82, 2.24) is 0 Å². The van der Waals surface area contributed by atoms with Crippen LogP contribution in [0.15, 0.2) is 48.5 Å². The molecule has 82 heavy (non-hydrogen) atoms. The molecule has 4 aromatic rings. The van der Waals surface area contributed by atoms with E-state index in [1.54, 1.807) is 42.3 Å². The summed E-state index contributed by atoms with van der Waals surface area (Å²) >= 11 is 0. The second kappa shape index (κ2) is 24.4. The van der Waals surface area contributed by atoms with E-state index >= 15 is 18.7 Å². The quantitative estimate of drug-likeness (QED) is 0.0733. The van der Waals surface area contributed by atoms with Crippen LogP contribution in [0.1, 0.15) is 225 Å². The monoisotopic (exact) mass is 1170 g/mol. The molecule has 0 spiro atoms. The molecule has 0 aliphatic heterocycles. The van der Waals surface area contributed by atoms with E-state index < -0.39 is 82.2 Å². The Morgan fingerprint density at radius 3 is 0.585 bits per heavy atom. The molecule has 0 radical (unpaired) electrons. The summed E-state index contributed by atoms with van der Waals surface area (Å²) in [6.45, 7) is 52.0. The zero-order valence-corrected chi connectivity index (χ0v) is 57.8. The summed E-state index contributed by atoms with van der Waals surface area (Å²) in [6, 6.07) is 14.5. The van der Waals surface area contributed by atoms with Crippen molar-refractivity contribution in [2.24, 2.45) is 0 Å². The maximum atomic E-state index is 17.8. The molecule has 14 heteroatoms. The average molecular weight is 1180 g/mol. The topological polar surface area (TPSA) is 142 Å². The average Bonchev–Trinajstić information content (AvgIpc) is 2.42. The van der Waals surface area contributed by atoms with Gasteiger partial charge >= 0.3 is 11.9 Å². The molecule has 4 aromatic carbocycles. The van der Waals surface area contributed by atoms with E-state index in [1.807, 2.05) is 215 Å².